The summed E-state index contributed by atoms with van der Waals surface area (Å²) < 4.78 is 5.31. The zero-order valence-electron chi connectivity index (χ0n) is 10.6. The largest absolute Gasteiger partial charge is 0.380 e. The average Bonchev–Trinajstić information content (AvgIpc) is 2.34. The van der Waals surface area contributed by atoms with Crippen LogP contribution in [0, 0.1) is 0 Å². The summed E-state index contributed by atoms with van der Waals surface area (Å²) in [6, 6.07) is 11.1. The van der Waals surface area contributed by atoms with Crippen LogP contribution in [-0.4, -0.2) is 25.8 Å². The van der Waals surface area contributed by atoms with E-state index in [1.807, 2.05) is 6.92 Å². The summed E-state index contributed by atoms with van der Waals surface area (Å²) in [6.07, 6.45) is 0. The number of hydrogen-bond acceptors (Lipinski definition) is 2. The molecule has 0 radical (unpaired) electrons. The SMILES string of the molecule is CCOCCNC(C)C(C)c1ccccc1. The molecule has 2 unspecified atom stereocenters. The van der Waals surface area contributed by atoms with Gasteiger partial charge in [-0.25, -0.2) is 0 Å². The summed E-state index contributed by atoms with van der Waals surface area (Å²) in [5, 5.41) is 3.49. The van der Waals surface area contributed by atoms with Crippen molar-refractivity contribution >= 4 is 0 Å². The van der Waals surface area contributed by atoms with Crippen molar-refractivity contribution in [2.75, 3.05) is 19.8 Å². The van der Waals surface area contributed by atoms with E-state index in [9.17, 15) is 0 Å². The smallest absolute Gasteiger partial charge is 0.0590 e. The number of hydrogen-bond donors (Lipinski definition) is 1. The lowest BCUT2D eigenvalue weighted by Crippen LogP contribution is -2.33. The fourth-order valence-electron chi connectivity index (χ4n) is 1.73. The molecule has 1 N–H and O–H groups in total. The molecule has 0 saturated heterocycles. The fraction of sp³-hybridized carbons (Fsp3) is 0.571. The van der Waals surface area contributed by atoms with Crippen LogP contribution in [0.3, 0.4) is 0 Å². The molecule has 2 heteroatoms. The maximum atomic E-state index is 5.31. The Kier molecular flexibility index (Phi) is 6.12. The minimum atomic E-state index is 0.475. The summed E-state index contributed by atoms with van der Waals surface area (Å²) in [5.41, 5.74) is 1.39. The molecule has 0 aliphatic heterocycles. The fourth-order valence-corrected chi connectivity index (χ4v) is 1.73. The predicted molar refractivity (Wildman–Crippen MR) is 68.8 cm³/mol. The first kappa shape index (κ1) is 13.2. The highest BCUT2D eigenvalue weighted by atomic mass is 16.5. The Bertz CT molecular complexity index is 273. The van der Waals surface area contributed by atoms with Gasteiger partial charge in [-0.15, -0.1) is 0 Å². The molecule has 90 valence electrons. The van der Waals surface area contributed by atoms with Crippen molar-refractivity contribution in [1.29, 1.82) is 0 Å². The van der Waals surface area contributed by atoms with Gasteiger partial charge in [0, 0.05) is 19.2 Å². The number of ether oxygens (including phenoxy) is 1. The summed E-state index contributed by atoms with van der Waals surface area (Å²) in [5.74, 6) is 0.530. The molecular weight excluding hydrogens is 198 g/mol. The van der Waals surface area contributed by atoms with Crippen LogP contribution in [0.25, 0.3) is 0 Å². The van der Waals surface area contributed by atoms with Crippen LogP contribution in [0.15, 0.2) is 30.3 Å². The van der Waals surface area contributed by atoms with E-state index in [-0.39, 0.29) is 0 Å². The minimum Gasteiger partial charge on any atom is -0.380 e. The van der Waals surface area contributed by atoms with Gasteiger partial charge >= 0.3 is 0 Å². The van der Waals surface area contributed by atoms with Crippen molar-refractivity contribution < 1.29 is 4.74 Å². The van der Waals surface area contributed by atoms with E-state index in [1.54, 1.807) is 0 Å². The normalized spacial score (nSPS) is 14.7. The Morgan fingerprint density at radius 1 is 1.19 bits per heavy atom. The first-order valence-corrected chi connectivity index (χ1v) is 6.11. The van der Waals surface area contributed by atoms with Gasteiger partial charge in [0.1, 0.15) is 0 Å². The zero-order chi connectivity index (χ0) is 11.8. The van der Waals surface area contributed by atoms with E-state index in [4.69, 9.17) is 4.74 Å². The molecule has 0 heterocycles. The van der Waals surface area contributed by atoms with Crippen molar-refractivity contribution in [3.8, 4) is 0 Å². The molecule has 0 spiro atoms. The lowest BCUT2D eigenvalue weighted by atomic mass is 9.94. The average molecular weight is 221 g/mol. The van der Waals surface area contributed by atoms with Gasteiger partial charge in [0.15, 0.2) is 0 Å². The highest BCUT2D eigenvalue weighted by Gasteiger charge is 2.12. The van der Waals surface area contributed by atoms with Crippen molar-refractivity contribution in [2.45, 2.75) is 32.7 Å². The van der Waals surface area contributed by atoms with Crippen LogP contribution in [0.2, 0.25) is 0 Å². The van der Waals surface area contributed by atoms with Gasteiger partial charge in [-0.05, 0) is 25.3 Å². The van der Waals surface area contributed by atoms with E-state index >= 15 is 0 Å². The highest BCUT2D eigenvalue weighted by Crippen LogP contribution is 2.18. The second-order valence-electron chi connectivity index (χ2n) is 4.14. The number of benzene rings is 1. The summed E-state index contributed by atoms with van der Waals surface area (Å²) in [4.78, 5) is 0. The lowest BCUT2D eigenvalue weighted by Gasteiger charge is -2.21. The molecule has 0 aromatic heterocycles. The maximum absolute atomic E-state index is 5.31. The minimum absolute atomic E-state index is 0.475. The molecule has 0 amide bonds. The molecular formula is C14H23NO. The first-order chi connectivity index (χ1) is 7.75. The maximum Gasteiger partial charge on any atom is 0.0590 e. The topological polar surface area (TPSA) is 21.3 Å². The van der Waals surface area contributed by atoms with Gasteiger partial charge in [0.05, 0.1) is 6.61 Å². The summed E-state index contributed by atoms with van der Waals surface area (Å²) >= 11 is 0. The van der Waals surface area contributed by atoms with Gasteiger partial charge in [-0.1, -0.05) is 37.3 Å². The zero-order valence-corrected chi connectivity index (χ0v) is 10.6. The summed E-state index contributed by atoms with van der Waals surface area (Å²) in [7, 11) is 0. The van der Waals surface area contributed by atoms with E-state index in [1.165, 1.54) is 5.56 Å². The Morgan fingerprint density at radius 2 is 1.88 bits per heavy atom. The van der Waals surface area contributed by atoms with E-state index in [0.717, 1.165) is 19.8 Å². The number of nitrogens with one attached hydrogen (secondary N) is 1. The molecule has 0 fully saturated rings. The molecule has 0 aliphatic carbocycles. The van der Waals surface area contributed by atoms with Gasteiger partial charge in [0.2, 0.25) is 0 Å². The van der Waals surface area contributed by atoms with Crippen LogP contribution < -0.4 is 5.32 Å². The Labute approximate surface area is 99.0 Å². The van der Waals surface area contributed by atoms with Crippen LogP contribution in [-0.2, 0) is 4.74 Å². The standard InChI is InChI=1S/C14H23NO/c1-4-16-11-10-15-13(3)12(2)14-8-6-5-7-9-14/h5-9,12-13,15H,4,10-11H2,1-3H3. The van der Waals surface area contributed by atoms with Gasteiger partial charge < -0.3 is 10.1 Å². The first-order valence-electron chi connectivity index (χ1n) is 6.11. The van der Waals surface area contributed by atoms with Crippen molar-refractivity contribution in [3.63, 3.8) is 0 Å². The Hall–Kier alpha value is -0.860. The summed E-state index contributed by atoms with van der Waals surface area (Å²) in [6.45, 7) is 9.02. The molecule has 0 saturated carbocycles. The predicted octanol–water partition coefficient (Wildman–Crippen LogP) is 2.80. The molecule has 0 bridgehead atoms. The lowest BCUT2D eigenvalue weighted by molar-refractivity contribution is 0.146. The van der Waals surface area contributed by atoms with Crippen LogP contribution in [0.4, 0.5) is 0 Å². The molecule has 2 atom stereocenters. The van der Waals surface area contributed by atoms with Crippen molar-refractivity contribution in [2.24, 2.45) is 0 Å². The van der Waals surface area contributed by atoms with Crippen LogP contribution >= 0.6 is 0 Å². The monoisotopic (exact) mass is 221 g/mol. The Morgan fingerprint density at radius 3 is 2.50 bits per heavy atom. The quantitative estimate of drug-likeness (QED) is 0.715. The third-order valence-corrected chi connectivity index (χ3v) is 2.99. The van der Waals surface area contributed by atoms with E-state index in [2.05, 4.69) is 49.5 Å². The van der Waals surface area contributed by atoms with Gasteiger partial charge in [0.25, 0.3) is 0 Å². The molecule has 1 rings (SSSR count). The van der Waals surface area contributed by atoms with E-state index in [0.29, 0.717) is 12.0 Å². The van der Waals surface area contributed by atoms with Gasteiger partial charge in [-0.2, -0.15) is 0 Å². The molecule has 2 nitrogen and oxygen atoms in total. The third kappa shape index (κ3) is 4.33. The second-order valence-corrected chi connectivity index (χ2v) is 4.14. The van der Waals surface area contributed by atoms with E-state index < -0.39 is 0 Å². The molecule has 0 aliphatic rings. The third-order valence-electron chi connectivity index (χ3n) is 2.99. The number of rotatable bonds is 7. The van der Waals surface area contributed by atoms with Crippen molar-refractivity contribution in [1.82, 2.24) is 5.32 Å². The Balaban J connectivity index is 2.33. The van der Waals surface area contributed by atoms with Crippen molar-refractivity contribution in [3.05, 3.63) is 35.9 Å². The highest BCUT2D eigenvalue weighted by molar-refractivity contribution is 5.20. The second kappa shape index (κ2) is 7.42. The van der Waals surface area contributed by atoms with Crippen LogP contribution in [0.1, 0.15) is 32.3 Å². The van der Waals surface area contributed by atoms with Gasteiger partial charge in [-0.3, -0.25) is 0 Å². The molecule has 1 aromatic rings. The van der Waals surface area contributed by atoms with Crippen LogP contribution in [0.5, 0.6) is 0 Å². The molecule has 1 aromatic carbocycles. The molecule has 16 heavy (non-hydrogen) atoms.